The van der Waals surface area contributed by atoms with Crippen LogP contribution in [0.4, 0.5) is 0 Å². The van der Waals surface area contributed by atoms with Crippen molar-refractivity contribution in [1.82, 2.24) is 9.80 Å². The lowest BCUT2D eigenvalue weighted by molar-refractivity contribution is -0.0386. The van der Waals surface area contributed by atoms with Crippen molar-refractivity contribution in [3.05, 3.63) is 72.9 Å². The van der Waals surface area contributed by atoms with Crippen LogP contribution in [0.5, 0.6) is 0 Å². The van der Waals surface area contributed by atoms with Crippen LogP contribution in [0.2, 0.25) is 0 Å². The Kier molecular flexibility index (Phi) is 51.5. The predicted octanol–water partition coefficient (Wildman–Crippen LogP) is 19.1. The molecule has 0 rings (SSSR count). The van der Waals surface area contributed by atoms with E-state index in [2.05, 4.69) is 118 Å². The van der Waals surface area contributed by atoms with Crippen molar-refractivity contribution >= 4 is 0 Å². The molecule has 0 spiro atoms. The molecule has 63 heavy (non-hydrogen) atoms. The molecule has 0 aromatic carbocycles. The Bertz CT molecular complexity index is 1000. The van der Waals surface area contributed by atoms with Crippen LogP contribution >= 0.6 is 0 Å². The monoisotopic (exact) mass is 877 g/mol. The highest BCUT2D eigenvalue weighted by molar-refractivity contribution is 4.94. The molecule has 0 amide bonds. The zero-order valence-corrected chi connectivity index (χ0v) is 43.4. The summed E-state index contributed by atoms with van der Waals surface area (Å²) in [6, 6.07) is 0.511. The van der Waals surface area contributed by atoms with Crippen molar-refractivity contribution in [2.75, 3.05) is 27.2 Å². The minimum absolute atomic E-state index is 0.302. The van der Waals surface area contributed by atoms with E-state index in [4.69, 9.17) is 0 Å². The van der Waals surface area contributed by atoms with Crippen molar-refractivity contribution in [3.63, 3.8) is 0 Å². The molecule has 0 aliphatic carbocycles. The van der Waals surface area contributed by atoms with Gasteiger partial charge >= 0.3 is 0 Å². The summed E-state index contributed by atoms with van der Waals surface area (Å²) in [4.78, 5) is 4.89. The van der Waals surface area contributed by atoms with Gasteiger partial charge in [0.1, 0.15) is 6.23 Å². The zero-order chi connectivity index (χ0) is 45.8. The van der Waals surface area contributed by atoms with E-state index in [0.717, 1.165) is 51.6 Å². The number of rotatable bonds is 50. The highest BCUT2D eigenvalue weighted by Crippen LogP contribution is 2.23. The van der Waals surface area contributed by atoms with Crippen LogP contribution < -0.4 is 0 Å². The lowest BCUT2D eigenvalue weighted by atomic mass is 9.97. The Morgan fingerprint density at radius 2 is 0.603 bits per heavy atom. The Morgan fingerprint density at radius 1 is 0.317 bits per heavy atom. The molecule has 3 nitrogen and oxygen atoms in total. The first-order chi connectivity index (χ1) is 31.1. The van der Waals surface area contributed by atoms with Crippen LogP contribution in [-0.4, -0.2) is 54.4 Å². The summed E-state index contributed by atoms with van der Waals surface area (Å²) in [5.74, 6) is 0. The second-order valence-corrected chi connectivity index (χ2v) is 19.3. The highest BCUT2D eigenvalue weighted by atomic mass is 16.3. The standard InChI is InChI=1S/C60H112N2O/c1-6-9-12-15-18-21-24-27-30-33-35-38-41-44-47-50-54-59(55-51-48-45-42-39-36-34-31-28-25-22-19-16-13-10-7-2)62(58-53-57-61(4)5)60(63)56-52-49-46-43-40-37-32-29-26-23-20-17-14-11-8-3/h18-23,27-32,59-60,63H,6-17,24-26,33-58H2,1-5H3/b21-18-,22-19-,23-20-,30-27-,31-28-,32-29-. The average molecular weight is 878 g/mol. The van der Waals surface area contributed by atoms with Gasteiger partial charge in [0.05, 0.1) is 0 Å². The Balaban J connectivity index is 4.87. The van der Waals surface area contributed by atoms with E-state index in [-0.39, 0.29) is 6.23 Å². The number of allylic oxidation sites excluding steroid dienone is 12. The molecule has 0 radical (unpaired) electrons. The molecule has 3 heteroatoms. The molecular weight excluding hydrogens is 765 g/mol. The van der Waals surface area contributed by atoms with Crippen molar-refractivity contribution < 1.29 is 5.11 Å². The minimum atomic E-state index is -0.302. The van der Waals surface area contributed by atoms with Gasteiger partial charge in [0.15, 0.2) is 0 Å². The number of aliphatic hydroxyl groups excluding tert-OH is 1. The first kappa shape index (κ1) is 61.3. The zero-order valence-electron chi connectivity index (χ0n) is 43.4. The van der Waals surface area contributed by atoms with E-state index in [1.165, 1.54) is 212 Å². The molecule has 0 saturated carbocycles. The van der Waals surface area contributed by atoms with Gasteiger partial charge in [-0.3, -0.25) is 4.90 Å². The molecule has 0 bridgehead atoms. The van der Waals surface area contributed by atoms with E-state index < -0.39 is 0 Å². The Morgan fingerprint density at radius 3 is 0.921 bits per heavy atom. The molecule has 368 valence electrons. The van der Waals surface area contributed by atoms with E-state index >= 15 is 0 Å². The molecule has 0 fully saturated rings. The molecule has 1 N–H and O–H groups in total. The summed E-state index contributed by atoms with van der Waals surface area (Å²) in [5.41, 5.74) is 0. The maximum absolute atomic E-state index is 11.8. The van der Waals surface area contributed by atoms with Crippen LogP contribution in [-0.2, 0) is 0 Å². The molecule has 0 saturated heterocycles. The highest BCUT2D eigenvalue weighted by Gasteiger charge is 2.24. The Labute approximate surface area is 396 Å². The third kappa shape index (κ3) is 48.1. The van der Waals surface area contributed by atoms with E-state index in [1.54, 1.807) is 0 Å². The first-order valence-corrected chi connectivity index (χ1v) is 28.0. The largest absolute Gasteiger partial charge is 0.378 e. The third-order valence-corrected chi connectivity index (χ3v) is 12.8. The Hall–Kier alpha value is -1.68. The maximum Gasteiger partial charge on any atom is 0.107 e. The van der Waals surface area contributed by atoms with Crippen molar-refractivity contribution in [3.8, 4) is 0 Å². The number of hydrogen-bond acceptors (Lipinski definition) is 3. The molecule has 0 aromatic rings. The summed E-state index contributed by atoms with van der Waals surface area (Å²) in [6.45, 7) is 8.94. The summed E-state index contributed by atoms with van der Waals surface area (Å²) in [6.07, 6.45) is 77.7. The summed E-state index contributed by atoms with van der Waals surface area (Å²) in [7, 11) is 4.38. The van der Waals surface area contributed by atoms with Gasteiger partial charge in [-0.1, -0.05) is 216 Å². The number of hydrogen-bond donors (Lipinski definition) is 1. The summed E-state index contributed by atoms with van der Waals surface area (Å²) >= 11 is 0. The molecule has 0 aliphatic rings. The summed E-state index contributed by atoms with van der Waals surface area (Å²) < 4.78 is 0. The predicted molar refractivity (Wildman–Crippen MR) is 287 cm³/mol. The van der Waals surface area contributed by atoms with Gasteiger partial charge in [0.2, 0.25) is 0 Å². The van der Waals surface area contributed by atoms with E-state index in [1.807, 2.05) is 0 Å². The van der Waals surface area contributed by atoms with E-state index in [0.29, 0.717) is 6.04 Å². The second kappa shape index (κ2) is 52.9. The smallest absolute Gasteiger partial charge is 0.107 e. The molecule has 1 atom stereocenters. The molecular formula is C60H112N2O. The van der Waals surface area contributed by atoms with Gasteiger partial charge < -0.3 is 10.0 Å². The van der Waals surface area contributed by atoms with Gasteiger partial charge in [-0.05, 0) is 149 Å². The first-order valence-electron chi connectivity index (χ1n) is 28.0. The molecule has 0 heterocycles. The van der Waals surface area contributed by atoms with Crippen LogP contribution in [0.25, 0.3) is 0 Å². The van der Waals surface area contributed by atoms with Crippen LogP contribution in [0.1, 0.15) is 271 Å². The van der Waals surface area contributed by atoms with Crippen LogP contribution in [0.3, 0.4) is 0 Å². The van der Waals surface area contributed by atoms with Crippen LogP contribution in [0.15, 0.2) is 72.9 Å². The maximum atomic E-state index is 11.8. The lowest BCUT2D eigenvalue weighted by Gasteiger charge is -2.36. The molecule has 0 aliphatic heterocycles. The van der Waals surface area contributed by atoms with Gasteiger partial charge in [-0.2, -0.15) is 0 Å². The molecule has 0 aromatic heterocycles. The average Bonchev–Trinajstić information content (AvgIpc) is 3.28. The molecule has 1 unspecified atom stereocenters. The lowest BCUT2D eigenvalue weighted by Crippen LogP contribution is -2.44. The fourth-order valence-electron chi connectivity index (χ4n) is 8.66. The van der Waals surface area contributed by atoms with Gasteiger partial charge in [-0.25, -0.2) is 0 Å². The normalized spacial score (nSPS) is 13.3. The van der Waals surface area contributed by atoms with Gasteiger partial charge in [0, 0.05) is 12.6 Å². The fraction of sp³-hybridized carbons (Fsp3) is 0.800. The van der Waals surface area contributed by atoms with Gasteiger partial charge in [-0.15, -0.1) is 0 Å². The topological polar surface area (TPSA) is 26.7 Å². The summed E-state index contributed by atoms with van der Waals surface area (Å²) in [5, 5.41) is 11.8. The quantitative estimate of drug-likeness (QED) is 0.0375. The van der Waals surface area contributed by atoms with E-state index in [9.17, 15) is 5.11 Å². The van der Waals surface area contributed by atoms with Crippen LogP contribution in [0, 0.1) is 0 Å². The minimum Gasteiger partial charge on any atom is -0.378 e. The number of aliphatic hydroxyl groups is 1. The van der Waals surface area contributed by atoms with Crippen molar-refractivity contribution in [1.29, 1.82) is 0 Å². The fourth-order valence-corrected chi connectivity index (χ4v) is 8.66. The van der Waals surface area contributed by atoms with Gasteiger partial charge in [0.25, 0.3) is 0 Å². The van der Waals surface area contributed by atoms with Crippen molar-refractivity contribution in [2.24, 2.45) is 0 Å². The van der Waals surface area contributed by atoms with Crippen molar-refractivity contribution in [2.45, 2.75) is 283 Å². The number of nitrogens with zero attached hydrogens (tertiary/aromatic N) is 2. The SMILES string of the molecule is CCCCC/C=C\C/C=C\CCCCCCCCC(CCCCCCCC/C=C\C/C=C\CCCCC)N(CCCN(C)C)C(O)CCCCCCC/C=C\C/C=C\CCCCC. The third-order valence-electron chi connectivity index (χ3n) is 12.8. The second-order valence-electron chi connectivity index (χ2n) is 19.3. The number of unbranched alkanes of at least 4 members (excludes halogenated alkanes) is 26.